The maximum Gasteiger partial charge on any atom is 0.161 e. The fraction of sp³-hybridized carbons (Fsp3) is 0.462. The summed E-state index contributed by atoms with van der Waals surface area (Å²) in [5, 5.41) is 0. The van der Waals surface area contributed by atoms with E-state index in [1.165, 1.54) is 0 Å². The lowest BCUT2D eigenvalue weighted by atomic mass is 10.2. The molecule has 1 aromatic carbocycles. The smallest absolute Gasteiger partial charge is 0.161 e. The van der Waals surface area contributed by atoms with E-state index in [-0.39, 0.29) is 6.10 Å². The first-order valence-electron chi connectivity index (χ1n) is 5.58. The highest BCUT2D eigenvalue weighted by Crippen LogP contribution is 2.28. The van der Waals surface area contributed by atoms with E-state index in [0.717, 1.165) is 6.29 Å². The minimum atomic E-state index is 0.00947. The minimum Gasteiger partial charge on any atom is -0.490 e. The van der Waals surface area contributed by atoms with Gasteiger partial charge in [0.1, 0.15) is 12.9 Å². The van der Waals surface area contributed by atoms with Crippen molar-refractivity contribution in [1.82, 2.24) is 0 Å². The lowest BCUT2D eigenvalue weighted by Gasteiger charge is -2.14. The van der Waals surface area contributed by atoms with Crippen molar-refractivity contribution in [1.29, 1.82) is 0 Å². The van der Waals surface area contributed by atoms with E-state index in [0.29, 0.717) is 30.3 Å². The Bertz CT molecular complexity index is 362. The normalized spacial score (nSPS) is 11.9. The van der Waals surface area contributed by atoms with Crippen LogP contribution in [0.1, 0.15) is 24.2 Å². The molecule has 0 amide bonds. The Morgan fingerprint density at radius 2 is 2.06 bits per heavy atom. The summed E-state index contributed by atoms with van der Waals surface area (Å²) in [6.45, 7) is 4.77. The fourth-order valence-corrected chi connectivity index (χ4v) is 1.26. The Labute approximate surface area is 101 Å². The van der Waals surface area contributed by atoms with Crippen molar-refractivity contribution in [2.75, 3.05) is 20.3 Å². The molecule has 4 nitrogen and oxygen atoms in total. The van der Waals surface area contributed by atoms with Gasteiger partial charge in [-0.25, -0.2) is 0 Å². The number of hydrogen-bond acceptors (Lipinski definition) is 4. The summed E-state index contributed by atoms with van der Waals surface area (Å²) in [4.78, 5) is 10.7. The molecule has 0 heterocycles. The highest BCUT2D eigenvalue weighted by atomic mass is 16.5. The molecule has 1 aromatic rings. The first-order valence-corrected chi connectivity index (χ1v) is 5.58. The molecule has 17 heavy (non-hydrogen) atoms. The van der Waals surface area contributed by atoms with Gasteiger partial charge >= 0.3 is 0 Å². The zero-order valence-corrected chi connectivity index (χ0v) is 10.4. The van der Waals surface area contributed by atoms with Crippen LogP contribution in [0, 0.1) is 0 Å². The Hall–Kier alpha value is -1.55. The Morgan fingerprint density at radius 1 is 1.29 bits per heavy atom. The topological polar surface area (TPSA) is 44.8 Å². The van der Waals surface area contributed by atoms with Crippen molar-refractivity contribution in [3.05, 3.63) is 23.8 Å². The molecule has 0 spiro atoms. The standard InChI is InChI=1S/C13H18O4/c1-4-16-13-7-11(8-14)5-6-12(13)17-9-10(2)15-3/h5-8,10H,4,9H2,1-3H3. The number of carbonyl (C=O) groups excluding carboxylic acids is 1. The molecular formula is C13H18O4. The average Bonchev–Trinajstić information content (AvgIpc) is 2.37. The molecule has 1 atom stereocenters. The summed E-state index contributed by atoms with van der Waals surface area (Å²) in [7, 11) is 1.63. The maximum atomic E-state index is 10.7. The van der Waals surface area contributed by atoms with Gasteiger partial charge in [-0.1, -0.05) is 0 Å². The van der Waals surface area contributed by atoms with E-state index in [4.69, 9.17) is 14.2 Å². The molecule has 0 N–H and O–H groups in total. The van der Waals surface area contributed by atoms with Gasteiger partial charge < -0.3 is 14.2 Å². The number of carbonyl (C=O) groups is 1. The van der Waals surface area contributed by atoms with Crippen LogP contribution >= 0.6 is 0 Å². The van der Waals surface area contributed by atoms with E-state index < -0.39 is 0 Å². The van der Waals surface area contributed by atoms with Gasteiger partial charge in [-0.15, -0.1) is 0 Å². The second-order valence-corrected chi connectivity index (χ2v) is 3.61. The number of ether oxygens (including phenoxy) is 3. The molecule has 0 fully saturated rings. The predicted octanol–water partition coefficient (Wildman–Crippen LogP) is 2.31. The van der Waals surface area contributed by atoms with Gasteiger partial charge in [0.15, 0.2) is 11.5 Å². The fourth-order valence-electron chi connectivity index (χ4n) is 1.26. The maximum absolute atomic E-state index is 10.7. The molecule has 0 aliphatic rings. The summed E-state index contributed by atoms with van der Waals surface area (Å²) in [5.74, 6) is 1.21. The zero-order valence-electron chi connectivity index (χ0n) is 10.4. The van der Waals surface area contributed by atoms with Crippen LogP contribution in [-0.2, 0) is 4.74 Å². The summed E-state index contributed by atoms with van der Waals surface area (Å²) in [5.41, 5.74) is 0.570. The third-order valence-corrected chi connectivity index (χ3v) is 2.28. The van der Waals surface area contributed by atoms with Gasteiger partial charge in [0.05, 0.1) is 12.7 Å². The van der Waals surface area contributed by atoms with Gasteiger partial charge in [0, 0.05) is 12.7 Å². The van der Waals surface area contributed by atoms with E-state index in [1.807, 2.05) is 13.8 Å². The molecule has 4 heteroatoms. The first kappa shape index (κ1) is 13.5. The average molecular weight is 238 g/mol. The molecule has 94 valence electrons. The molecule has 0 saturated carbocycles. The van der Waals surface area contributed by atoms with Crippen molar-refractivity contribution in [2.24, 2.45) is 0 Å². The summed E-state index contributed by atoms with van der Waals surface area (Å²) in [6, 6.07) is 5.10. The summed E-state index contributed by atoms with van der Waals surface area (Å²) in [6.07, 6.45) is 0.791. The van der Waals surface area contributed by atoms with Crippen molar-refractivity contribution in [2.45, 2.75) is 20.0 Å². The van der Waals surface area contributed by atoms with Gasteiger partial charge in [-0.05, 0) is 32.0 Å². The van der Waals surface area contributed by atoms with Crippen LogP contribution in [0.2, 0.25) is 0 Å². The molecule has 0 aliphatic heterocycles. The monoisotopic (exact) mass is 238 g/mol. The number of aldehydes is 1. The van der Waals surface area contributed by atoms with Crippen LogP contribution in [0.25, 0.3) is 0 Å². The van der Waals surface area contributed by atoms with Crippen molar-refractivity contribution in [3.8, 4) is 11.5 Å². The van der Waals surface area contributed by atoms with Crippen LogP contribution in [0.4, 0.5) is 0 Å². The number of benzene rings is 1. The van der Waals surface area contributed by atoms with Crippen LogP contribution in [0.15, 0.2) is 18.2 Å². The molecule has 0 radical (unpaired) electrons. The largest absolute Gasteiger partial charge is 0.490 e. The van der Waals surface area contributed by atoms with Gasteiger partial charge in [-0.3, -0.25) is 4.79 Å². The second-order valence-electron chi connectivity index (χ2n) is 3.61. The molecule has 1 rings (SSSR count). The summed E-state index contributed by atoms with van der Waals surface area (Å²) < 4.78 is 16.1. The molecule has 0 aromatic heterocycles. The lowest BCUT2D eigenvalue weighted by molar-refractivity contribution is 0.0703. The Balaban J connectivity index is 2.78. The molecule has 1 unspecified atom stereocenters. The molecule has 0 saturated heterocycles. The zero-order chi connectivity index (χ0) is 12.7. The second kappa shape index (κ2) is 6.91. The van der Waals surface area contributed by atoms with Gasteiger partial charge in [0.25, 0.3) is 0 Å². The SMILES string of the molecule is CCOc1cc(C=O)ccc1OCC(C)OC. The van der Waals surface area contributed by atoms with E-state index >= 15 is 0 Å². The Morgan fingerprint density at radius 3 is 2.65 bits per heavy atom. The van der Waals surface area contributed by atoms with Crippen molar-refractivity contribution >= 4 is 6.29 Å². The molecule has 0 aliphatic carbocycles. The molecular weight excluding hydrogens is 220 g/mol. The Kier molecular flexibility index (Phi) is 5.49. The van der Waals surface area contributed by atoms with Crippen LogP contribution in [0.5, 0.6) is 11.5 Å². The lowest BCUT2D eigenvalue weighted by Crippen LogP contribution is -2.16. The summed E-state index contributed by atoms with van der Waals surface area (Å²) >= 11 is 0. The first-order chi connectivity index (χ1) is 8.21. The quantitative estimate of drug-likeness (QED) is 0.684. The number of rotatable bonds is 7. The number of hydrogen-bond donors (Lipinski definition) is 0. The third-order valence-electron chi connectivity index (χ3n) is 2.28. The van der Waals surface area contributed by atoms with Crippen LogP contribution < -0.4 is 9.47 Å². The van der Waals surface area contributed by atoms with E-state index in [2.05, 4.69) is 0 Å². The van der Waals surface area contributed by atoms with E-state index in [9.17, 15) is 4.79 Å². The van der Waals surface area contributed by atoms with Gasteiger partial charge in [-0.2, -0.15) is 0 Å². The van der Waals surface area contributed by atoms with E-state index in [1.54, 1.807) is 25.3 Å². The van der Waals surface area contributed by atoms with Crippen LogP contribution in [0.3, 0.4) is 0 Å². The van der Waals surface area contributed by atoms with Crippen molar-refractivity contribution in [3.63, 3.8) is 0 Å². The molecule has 0 bridgehead atoms. The highest BCUT2D eigenvalue weighted by Gasteiger charge is 2.08. The van der Waals surface area contributed by atoms with Crippen LogP contribution in [-0.4, -0.2) is 32.7 Å². The van der Waals surface area contributed by atoms with Crippen molar-refractivity contribution < 1.29 is 19.0 Å². The van der Waals surface area contributed by atoms with Gasteiger partial charge in [0.2, 0.25) is 0 Å². The predicted molar refractivity (Wildman–Crippen MR) is 65.0 cm³/mol. The third kappa shape index (κ3) is 4.07. The highest BCUT2D eigenvalue weighted by molar-refractivity contribution is 5.76. The minimum absolute atomic E-state index is 0.00947. The number of methoxy groups -OCH3 is 1.